The molecule has 222 valence electrons. The number of likely N-dealkylation sites (tertiary alicyclic amines) is 1. The van der Waals surface area contributed by atoms with Gasteiger partial charge in [-0.1, -0.05) is 6.07 Å². The molecule has 4 fully saturated rings. The van der Waals surface area contributed by atoms with Gasteiger partial charge in [-0.05, 0) is 66.4 Å². The van der Waals surface area contributed by atoms with Crippen molar-refractivity contribution in [2.45, 2.75) is 44.5 Å². The number of rotatable bonds is 6. The third-order valence-corrected chi connectivity index (χ3v) is 9.74. The van der Waals surface area contributed by atoms with Gasteiger partial charge < -0.3 is 19.3 Å². The maximum Gasteiger partial charge on any atom is 0.255 e. The Balaban J connectivity index is 0.877. The highest BCUT2D eigenvalue weighted by molar-refractivity contribution is 6.05. The number of hydrogen-bond acceptors (Lipinski definition) is 8. The summed E-state index contributed by atoms with van der Waals surface area (Å²) in [5.41, 5.74) is 3.75. The molecule has 3 amide bonds. The summed E-state index contributed by atoms with van der Waals surface area (Å²) in [6.45, 7) is 6.80. The molecular formula is C33H35N5O5. The van der Waals surface area contributed by atoms with Crippen LogP contribution in [0.2, 0.25) is 0 Å². The van der Waals surface area contributed by atoms with Crippen molar-refractivity contribution in [3.63, 3.8) is 0 Å². The lowest BCUT2D eigenvalue weighted by atomic mass is 10.0. The molecular weight excluding hydrogens is 546 g/mol. The molecule has 4 atom stereocenters. The number of nitrogens with one attached hydrogen (secondary N) is 1. The fourth-order valence-corrected chi connectivity index (χ4v) is 7.42. The fourth-order valence-electron chi connectivity index (χ4n) is 7.42. The maximum absolute atomic E-state index is 13.0. The van der Waals surface area contributed by atoms with Gasteiger partial charge in [0.2, 0.25) is 11.8 Å². The summed E-state index contributed by atoms with van der Waals surface area (Å²) >= 11 is 0. The third kappa shape index (κ3) is 5.02. The van der Waals surface area contributed by atoms with Crippen molar-refractivity contribution in [3.8, 4) is 5.75 Å². The van der Waals surface area contributed by atoms with E-state index in [-0.39, 0.29) is 24.3 Å². The van der Waals surface area contributed by atoms with Crippen LogP contribution in [0, 0.1) is 11.8 Å². The van der Waals surface area contributed by atoms with E-state index in [4.69, 9.17) is 14.5 Å². The molecule has 10 heteroatoms. The van der Waals surface area contributed by atoms with E-state index in [0.717, 1.165) is 80.4 Å². The first-order valence-corrected chi connectivity index (χ1v) is 15.4. The number of carbonyl (C=O) groups excluding carboxylic acids is 3. The number of anilines is 1. The molecule has 0 saturated carbocycles. The summed E-state index contributed by atoms with van der Waals surface area (Å²) in [7, 11) is 0. The summed E-state index contributed by atoms with van der Waals surface area (Å²) in [4.78, 5) is 48.2. The Morgan fingerprint density at radius 3 is 2.65 bits per heavy atom. The Bertz CT molecular complexity index is 1610. The summed E-state index contributed by atoms with van der Waals surface area (Å²) in [6.07, 6.45) is 1.60. The number of imide groups is 1. The average Bonchev–Trinajstić information content (AvgIpc) is 3.78. The van der Waals surface area contributed by atoms with Crippen molar-refractivity contribution in [1.29, 1.82) is 0 Å². The van der Waals surface area contributed by atoms with Gasteiger partial charge >= 0.3 is 0 Å². The highest BCUT2D eigenvalue weighted by atomic mass is 16.5. The van der Waals surface area contributed by atoms with Crippen molar-refractivity contribution in [1.82, 2.24) is 20.1 Å². The van der Waals surface area contributed by atoms with Crippen LogP contribution in [0.15, 0.2) is 48.5 Å². The third-order valence-electron chi connectivity index (χ3n) is 9.74. The molecule has 0 spiro atoms. The lowest BCUT2D eigenvalue weighted by Gasteiger charge is -2.29. The molecule has 8 rings (SSSR count). The number of benzene rings is 2. The Labute approximate surface area is 249 Å². The predicted octanol–water partition coefficient (Wildman–Crippen LogP) is 2.73. The number of ether oxygens (including phenoxy) is 2. The summed E-state index contributed by atoms with van der Waals surface area (Å²) in [5.74, 6) is 2.23. The van der Waals surface area contributed by atoms with Gasteiger partial charge in [0.25, 0.3) is 5.91 Å². The first kappa shape index (κ1) is 26.6. The van der Waals surface area contributed by atoms with Crippen LogP contribution in [0.4, 0.5) is 5.82 Å². The molecule has 0 bridgehead atoms. The number of nitrogens with zero attached hydrogens (tertiary/aromatic N) is 4. The van der Waals surface area contributed by atoms with E-state index in [2.05, 4.69) is 45.4 Å². The lowest BCUT2D eigenvalue weighted by Crippen LogP contribution is -2.52. The Morgan fingerprint density at radius 1 is 0.953 bits per heavy atom. The van der Waals surface area contributed by atoms with Crippen LogP contribution in [0.5, 0.6) is 5.75 Å². The van der Waals surface area contributed by atoms with Gasteiger partial charge in [-0.2, -0.15) is 0 Å². The SMILES string of the molecule is O=C1CCC(N2Cc3cc(O[C@H]4CCN(Cc5ccc6nc(N7CC8COC[C@@H]8C7)ccc6c5)C4)ccc3C2=O)C(=O)N1. The van der Waals surface area contributed by atoms with Crippen LogP contribution >= 0.6 is 0 Å². The number of pyridine rings is 1. The highest BCUT2D eigenvalue weighted by Crippen LogP contribution is 2.33. The second kappa shape index (κ2) is 10.6. The molecule has 0 aliphatic carbocycles. The zero-order valence-electron chi connectivity index (χ0n) is 24.0. The van der Waals surface area contributed by atoms with Crippen LogP contribution in [-0.2, 0) is 27.4 Å². The standard InChI is InChI=1S/C33H35N5O5/c39-31-8-6-29(32(40)35-31)38-16-22-12-25(3-4-27(22)33(38)41)43-26-9-10-36(17-26)13-20-1-5-28-21(11-20)2-7-30(34-28)37-14-23-18-42-19-24(23)15-37/h1-5,7,11-12,23-24,26,29H,6,8-10,13-19H2,(H,35,39,40)/t23-,24?,26-,29?/m0/s1. The maximum atomic E-state index is 13.0. The minimum Gasteiger partial charge on any atom is -0.489 e. The first-order chi connectivity index (χ1) is 21.0. The molecule has 10 nitrogen and oxygen atoms in total. The number of piperidine rings is 1. The summed E-state index contributed by atoms with van der Waals surface area (Å²) in [6, 6.07) is 15.9. The number of hydrogen-bond donors (Lipinski definition) is 1. The van der Waals surface area contributed by atoms with Crippen LogP contribution in [0.25, 0.3) is 10.9 Å². The van der Waals surface area contributed by atoms with Gasteiger partial charge in [0.15, 0.2) is 0 Å². The van der Waals surface area contributed by atoms with Crippen molar-refractivity contribution < 1.29 is 23.9 Å². The van der Waals surface area contributed by atoms with Crippen molar-refractivity contribution in [3.05, 3.63) is 65.2 Å². The van der Waals surface area contributed by atoms with Crippen molar-refractivity contribution in [2.75, 3.05) is 44.3 Å². The smallest absolute Gasteiger partial charge is 0.255 e. The molecule has 2 unspecified atom stereocenters. The van der Waals surface area contributed by atoms with E-state index >= 15 is 0 Å². The normalized spacial score (nSPS) is 27.2. The second-order valence-electron chi connectivity index (χ2n) is 12.6. The zero-order valence-corrected chi connectivity index (χ0v) is 24.0. The van der Waals surface area contributed by atoms with Crippen LogP contribution < -0.4 is 15.0 Å². The van der Waals surface area contributed by atoms with E-state index in [1.807, 2.05) is 12.1 Å². The number of aromatic nitrogens is 1. The summed E-state index contributed by atoms with van der Waals surface area (Å²) < 4.78 is 12.0. The molecule has 1 N–H and O–H groups in total. The molecule has 3 aromatic rings. The Kier molecular flexibility index (Phi) is 6.56. The highest BCUT2D eigenvalue weighted by Gasteiger charge is 2.40. The minimum absolute atomic E-state index is 0.0661. The van der Waals surface area contributed by atoms with E-state index in [0.29, 0.717) is 30.4 Å². The van der Waals surface area contributed by atoms with E-state index < -0.39 is 11.9 Å². The molecule has 1 aromatic heterocycles. The quantitative estimate of drug-likeness (QED) is 0.444. The van der Waals surface area contributed by atoms with Gasteiger partial charge in [0.05, 0.1) is 18.7 Å². The second-order valence-corrected chi connectivity index (χ2v) is 12.6. The number of fused-ring (bicyclic) bond motifs is 3. The Morgan fingerprint density at radius 2 is 1.81 bits per heavy atom. The number of amides is 3. The van der Waals surface area contributed by atoms with Gasteiger partial charge in [0, 0.05) is 68.5 Å². The van der Waals surface area contributed by atoms with E-state index in [1.165, 1.54) is 5.56 Å². The molecule has 4 saturated heterocycles. The van der Waals surface area contributed by atoms with Crippen molar-refractivity contribution in [2.24, 2.45) is 11.8 Å². The molecule has 2 aromatic carbocycles. The zero-order chi connectivity index (χ0) is 29.1. The van der Waals surface area contributed by atoms with Gasteiger partial charge in [-0.15, -0.1) is 0 Å². The van der Waals surface area contributed by atoms with Crippen LogP contribution in [0.3, 0.4) is 0 Å². The number of carbonyl (C=O) groups is 3. The van der Waals surface area contributed by atoms with E-state index in [1.54, 1.807) is 11.0 Å². The molecule has 0 radical (unpaired) electrons. The van der Waals surface area contributed by atoms with Gasteiger partial charge in [0.1, 0.15) is 23.7 Å². The Hall–Kier alpha value is -4.02. The fraction of sp³-hybridized carbons (Fsp3) is 0.455. The monoisotopic (exact) mass is 581 g/mol. The van der Waals surface area contributed by atoms with Gasteiger partial charge in [-0.25, -0.2) is 4.98 Å². The molecule has 5 aliphatic rings. The topological polar surface area (TPSA) is 104 Å². The van der Waals surface area contributed by atoms with Gasteiger partial charge in [-0.3, -0.25) is 24.6 Å². The van der Waals surface area contributed by atoms with E-state index in [9.17, 15) is 14.4 Å². The predicted molar refractivity (Wildman–Crippen MR) is 159 cm³/mol. The first-order valence-electron chi connectivity index (χ1n) is 15.4. The largest absolute Gasteiger partial charge is 0.489 e. The van der Waals surface area contributed by atoms with Crippen LogP contribution in [-0.4, -0.2) is 84.0 Å². The average molecular weight is 582 g/mol. The van der Waals surface area contributed by atoms with Crippen LogP contribution in [0.1, 0.15) is 40.7 Å². The lowest BCUT2D eigenvalue weighted by molar-refractivity contribution is -0.136. The molecule has 5 aliphatic heterocycles. The minimum atomic E-state index is -0.612. The molecule has 6 heterocycles. The molecule has 43 heavy (non-hydrogen) atoms. The van der Waals surface area contributed by atoms with Crippen molar-refractivity contribution >= 4 is 34.4 Å². The summed E-state index contributed by atoms with van der Waals surface area (Å²) in [5, 5.41) is 3.51.